The minimum absolute atomic E-state index is 0.0772. The number of piperidine rings is 1. The van der Waals surface area contributed by atoms with Gasteiger partial charge in [0, 0.05) is 39.0 Å². The van der Waals surface area contributed by atoms with E-state index in [1.165, 1.54) is 4.52 Å². The average Bonchev–Trinajstić information content (AvgIpc) is 3.52. The van der Waals surface area contributed by atoms with Gasteiger partial charge in [0.05, 0.1) is 6.26 Å². The number of nitrogens with zero attached hydrogens (tertiary/aromatic N) is 6. The Morgan fingerprint density at radius 1 is 1.09 bits per heavy atom. The predicted molar refractivity (Wildman–Crippen MR) is 125 cm³/mol. The predicted octanol–water partition coefficient (Wildman–Crippen LogP) is 3.13. The Labute approximate surface area is 200 Å². The lowest BCUT2D eigenvalue weighted by molar-refractivity contribution is -0.0564. The fourth-order valence-electron chi connectivity index (χ4n) is 3.86. The summed E-state index contributed by atoms with van der Waals surface area (Å²) < 4.78 is 38.9. The zero-order valence-electron chi connectivity index (χ0n) is 19.0. The van der Waals surface area contributed by atoms with E-state index in [2.05, 4.69) is 25.4 Å². The van der Waals surface area contributed by atoms with Gasteiger partial charge in [-0.05, 0) is 36.2 Å². The Balaban J connectivity index is 1.09. The van der Waals surface area contributed by atoms with Crippen molar-refractivity contribution in [2.45, 2.75) is 25.2 Å². The van der Waals surface area contributed by atoms with E-state index in [4.69, 9.17) is 14.9 Å². The Kier molecular flexibility index (Phi) is 6.45. The number of rotatable bonds is 9. The molecular weight excluding hydrogens is 458 g/mol. The zero-order chi connectivity index (χ0) is 24.3. The minimum atomic E-state index is -2.52. The van der Waals surface area contributed by atoms with E-state index in [9.17, 15) is 8.78 Å². The van der Waals surface area contributed by atoms with E-state index in [-0.39, 0.29) is 18.8 Å². The van der Waals surface area contributed by atoms with Crippen LogP contribution in [-0.4, -0.2) is 68.2 Å². The highest BCUT2D eigenvalue weighted by Gasteiger charge is 2.33. The van der Waals surface area contributed by atoms with Gasteiger partial charge in [0.2, 0.25) is 17.7 Å². The summed E-state index contributed by atoms with van der Waals surface area (Å²) in [6.07, 6.45) is 2.13. The molecule has 4 aromatic rings. The van der Waals surface area contributed by atoms with Crippen molar-refractivity contribution in [3.05, 3.63) is 48.2 Å². The van der Waals surface area contributed by atoms with E-state index < -0.39 is 5.92 Å². The fourth-order valence-corrected chi connectivity index (χ4v) is 3.86. The maximum absolute atomic E-state index is 13.2. The van der Waals surface area contributed by atoms with Crippen LogP contribution in [0.3, 0.4) is 0 Å². The summed E-state index contributed by atoms with van der Waals surface area (Å²) >= 11 is 0. The molecule has 0 unspecified atom stereocenters. The summed E-state index contributed by atoms with van der Waals surface area (Å²) in [4.78, 5) is 15.0. The van der Waals surface area contributed by atoms with Crippen LogP contribution in [0.25, 0.3) is 17.4 Å². The van der Waals surface area contributed by atoms with E-state index in [0.717, 1.165) is 17.7 Å². The first-order valence-electron chi connectivity index (χ1n) is 11.5. The van der Waals surface area contributed by atoms with E-state index in [1.807, 2.05) is 29.2 Å². The molecule has 5 rings (SSSR count). The smallest absolute Gasteiger partial charge is 0.259 e. The number of alkyl halides is 2. The summed E-state index contributed by atoms with van der Waals surface area (Å²) in [6, 6.07) is 11.3. The molecule has 0 bridgehead atoms. The van der Waals surface area contributed by atoms with Gasteiger partial charge in [0.1, 0.15) is 12.4 Å². The third kappa shape index (κ3) is 5.65. The molecular formula is C23H26F2N8O2. The SMILES string of the molecule is Nc1nc(NCCc2ccc(OCCN3CCC(F)(F)CC3)cc2)nc2nc(-c3ccco3)nn12. The first-order valence-corrected chi connectivity index (χ1v) is 11.5. The molecule has 35 heavy (non-hydrogen) atoms. The van der Waals surface area contributed by atoms with Crippen LogP contribution in [0.15, 0.2) is 47.1 Å². The maximum atomic E-state index is 13.2. The van der Waals surface area contributed by atoms with Crippen molar-refractivity contribution < 1.29 is 17.9 Å². The van der Waals surface area contributed by atoms with Crippen LogP contribution in [-0.2, 0) is 6.42 Å². The number of furan rings is 1. The van der Waals surface area contributed by atoms with Gasteiger partial charge in [0.15, 0.2) is 5.76 Å². The van der Waals surface area contributed by atoms with Crippen molar-refractivity contribution in [3.63, 3.8) is 0 Å². The van der Waals surface area contributed by atoms with Gasteiger partial charge in [-0.3, -0.25) is 4.90 Å². The number of benzene rings is 1. The molecule has 184 valence electrons. The second kappa shape index (κ2) is 9.82. The Bertz CT molecular complexity index is 1250. The molecule has 1 aliphatic rings. The normalized spacial score (nSPS) is 15.9. The van der Waals surface area contributed by atoms with Crippen molar-refractivity contribution in [2.24, 2.45) is 0 Å². The largest absolute Gasteiger partial charge is 0.492 e. The second-order valence-electron chi connectivity index (χ2n) is 8.40. The summed E-state index contributed by atoms with van der Waals surface area (Å²) in [5, 5.41) is 7.44. The lowest BCUT2D eigenvalue weighted by atomic mass is 10.1. The van der Waals surface area contributed by atoms with Gasteiger partial charge in [-0.2, -0.15) is 19.5 Å². The molecule has 0 atom stereocenters. The van der Waals surface area contributed by atoms with E-state index in [0.29, 0.717) is 56.1 Å². The average molecular weight is 485 g/mol. The molecule has 1 saturated heterocycles. The van der Waals surface area contributed by atoms with Gasteiger partial charge >= 0.3 is 0 Å². The second-order valence-corrected chi connectivity index (χ2v) is 8.40. The third-order valence-corrected chi connectivity index (χ3v) is 5.86. The van der Waals surface area contributed by atoms with Gasteiger partial charge in [0.25, 0.3) is 11.7 Å². The maximum Gasteiger partial charge on any atom is 0.259 e. The molecule has 0 spiro atoms. The Morgan fingerprint density at radius 3 is 2.63 bits per heavy atom. The number of anilines is 2. The number of hydrogen-bond acceptors (Lipinski definition) is 9. The standard InChI is InChI=1S/C23H26F2N8O2/c24-23(25)8-11-32(12-9-23)13-15-34-17-5-3-16(4-6-17)7-10-27-21-29-20(26)33-22(30-21)28-19(31-33)18-2-1-14-35-18/h1-6,14H,7-13,15H2,(H3,26,27,28,29,30,31). The van der Waals surface area contributed by atoms with Crippen molar-refractivity contribution in [3.8, 4) is 17.3 Å². The number of aromatic nitrogens is 5. The summed E-state index contributed by atoms with van der Waals surface area (Å²) in [7, 11) is 0. The highest BCUT2D eigenvalue weighted by molar-refractivity contribution is 5.52. The lowest BCUT2D eigenvalue weighted by Crippen LogP contribution is -2.41. The third-order valence-electron chi connectivity index (χ3n) is 5.86. The number of nitrogens with two attached hydrogens (primary N) is 1. The minimum Gasteiger partial charge on any atom is -0.492 e. The quantitative estimate of drug-likeness (QED) is 0.369. The molecule has 0 amide bonds. The number of hydrogen-bond donors (Lipinski definition) is 2. The number of ether oxygens (including phenoxy) is 1. The van der Waals surface area contributed by atoms with Crippen molar-refractivity contribution >= 4 is 17.7 Å². The molecule has 12 heteroatoms. The summed E-state index contributed by atoms with van der Waals surface area (Å²) in [5.74, 6) is -0.00301. The number of halogens is 2. The molecule has 3 N–H and O–H groups in total. The molecule has 0 saturated carbocycles. The van der Waals surface area contributed by atoms with E-state index >= 15 is 0 Å². The topological polar surface area (TPSA) is 120 Å². The number of likely N-dealkylation sites (tertiary alicyclic amines) is 1. The molecule has 10 nitrogen and oxygen atoms in total. The summed E-state index contributed by atoms with van der Waals surface area (Å²) in [6.45, 7) is 2.52. The van der Waals surface area contributed by atoms with Gasteiger partial charge in [-0.1, -0.05) is 12.1 Å². The van der Waals surface area contributed by atoms with Crippen LogP contribution >= 0.6 is 0 Å². The fraction of sp³-hybridized carbons (Fsp3) is 0.391. The highest BCUT2D eigenvalue weighted by Crippen LogP contribution is 2.27. The van der Waals surface area contributed by atoms with Gasteiger partial charge < -0.3 is 20.2 Å². The zero-order valence-corrected chi connectivity index (χ0v) is 19.0. The van der Waals surface area contributed by atoms with Crippen molar-refractivity contribution in [2.75, 3.05) is 43.8 Å². The molecule has 4 heterocycles. The monoisotopic (exact) mass is 484 g/mol. The van der Waals surface area contributed by atoms with Crippen LogP contribution in [0.2, 0.25) is 0 Å². The molecule has 1 fully saturated rings. The van der Waals surface area contributed by atoms with Crippen LogP contribution in [0, 0.1) is 0 Å². The Morgan fingerprint density at radius 2 is 1.89 bits per heavy atom. The highest BCUT2D eigenvalue weighted by atomic mass is 19.3. The molecule has 3 aromatic heterocycles. The molecule has 1 aromatic carbocycles. The number of nitrogen functional groups attached to an aromatic ring is 1. The van der Waals surface area contributed by atoms with Crippen molar-refractivity contribution in [1.29, 1.82) is 0 Å². The number of fused-ring (bicyclic) bond motifs is 1. The van der Waals surface area contributed by atoms with Crippen molar-refractivity contribution in [1.82, 2.24) is 29.5 Å². The van der Waals surface area contributed by atoms with Crippen LogP contribution in [0.4, 0.5) is 20.7 Å². The van der Waals surface area contributed by atoms with Crippen LogP contribution < -0.4 is 15.8 Å². The molecule has 0 radical (unpaired) electrons. The molecule has 0 aliphatic carbocycles. The van der Waals surface area contributed by atoms with Gasteiger partial charge in [-0.15, -0.1) is 5.10 Å². The van der Waals surface area contributed by atoms with E-state index in [1.54, 1.807) is 18.4 Å². The first-order chi connectivity index (χ1) is 16.9. The Hall–Kier alpha value is -3.80. The van der Waals surface area contributed by atoms with Crippen LogP contribution in [0.5, 0.6) is 5.75 Å². The molecule has 1 aliphatic heterocycles. The van der Waals surface area contributed by atoms with Gasteiger partial charge in [-0.25, -0.2) is 8.78 Å². The number of nitrogens with one attached hydrogen (secondary N) is 1. The first kappa shape index (κ1) is 23.0. The van der Waals surface area contributed by atoms with Crippen LogP contribution in [0.1, 0.15) is 18.4 Å². The lowest BCUT2D eigenvalue weighted by Gasteiger charge is -2.31. The summed E-state index contributed by atoms with van der Waals surface area (Å²) in [5.41, 5.74) is 7.12.